The highest BCUT2D eigenvalue weighted by Gasteiger charge is 2.18. The highest BCUT2D eigenvalue weighted by atomic mass is 16.5. The molecule has 0 amide bonds. The Morgan fingerprint density at radius 2 is 2.15 bits per heavy atom. The highest BCUT2D eigenvalue weighted by molar-refractivity contribution is 5.62. The number of aromatic amines is 1. The molecule has 1 aliphatic heterocycles. The predicted molar refractivity (Wildman–Crippen MR) is 77.7 cm³/mol. The van der Waals surface area contributed by atoms with Crippen molar-refractivity contribution in [2.45, 2.75) is 19.8 Å². The normalized spacial score (nSPS) is 18.4. The first-order valence-electron chi connectivity index (χ1n) is 6.97. The average Bonchev–Trinajstić information content (AvgIpc) is 2.96. The number of hydrogen-bond donors (Lipinski definition) is 1. The average molecular weight is 270 g/mol. The maximum absolute atomic E-state index is 12.1. The lowest BCUT2D eigenvalue weighted by molar-refractivity contribution is 0.185. The Balaban J connectivity index is 1.97. The summed E-state index contributed by atoms with van der Waals surface area (Å²) < 4.78 is 5.38. The van der Waals surface area contributed by atoms with Crippen molar-refractivity contribution in [3.05, 3.63) is 52.1 Å². The van der Waals surface area contributed by atoms with Crippen LogP contribution in [0.1, 0.15) is 17.8 Å². The van der Waals surface area contributed by atoms with E-state index in [1.807, 2.05) is 37.3 Å². The van der Waals surface area contributed by atoms with Crippen molar-refractivity contribution in [3.8, 4) is 11.3 Å². The molecule has 1 unspecified atom stereocenters. The van der Waals surface area contributed by atoms with Gasteiger partial charge in [0.2, 0.25) is 0 Å². The van der Waals surface area contributed by atoms with Crippen LogP contribution in [0, 0.1) is 12.8 Å². The Bertz CT molecular complexity index is 643. The molecule has 0 aliphatic carbocycles. The maximum Gasteiger partial charge on any atom is 0.254 e. The molecule has 0 bridgehead atoms. The van der Waals surface area contributed by atoms with Crippen molar-refractivity contribution < 1.29 is 4.74 Å². The molecule has 1 aliphatic rings. The molecule has 4 heteroatoms. The van der Waals surface area contributed by atoms with E-state index in [0.717, 1.165) is 43.1 Å². The summed E-state index contributed by atoms with van der Waals surface area (Å²) in [6.45, 7) is 3.39. The van der Waals surface area contributed by atoms with Gasteiger partial charge in [-0.25, -0.2) is 4.98 Å². The summed E-state index contributed by atoms with van der Waals surface area (Å²) in [5, 5.41) is 0. The van der Waals surface area contributed by atoms with Crippen LogP contribution in [0.4, 0.5) is 0 Å². The lowest BCUT2D eigenvalue weighted by Gasteiger charge is -2.10. The summed E-state index contributed by atoms with van der Waals surface area (Å²) in [4.78, 5) is 19.6. The zero-order valence-corrected chi connectivity index (χ0v) is 11.6. The lowest BCUT2D eigenvalue weighted by atomic mass is 10.0. The standard InChI is InChI=1S/C16H18N2O2/c1-11-15(13-5-3-2-4-6-13)17-14(18-16(11)19)9-12-7-8-20-10-12/h2-6,12H,7-10H2,1H3,(H,17,18,19). The van der Waals surface area contributed by atoms with Crippen molar-refractivity contribution in [1.82, 2.24) is 9.97 Å². The van der Waals surface area contributed by atoms with Crippen molar-refractivity contribution in [2.24, 2.45) is 5.92 Å². The van der Waals surface area contributed by atoms with E-state index in [1.165, 1.54) is 0 Å². The van der Waals surface area contributed by atoms with Gasteiger partial charge in [0.05, 0.1) is 5.69 Å². The molecule has 0 radical (unpaired) electrons. The Morgan fingerprint density at radius 3 is 2.85 bits per heavy atom. The summed E-state index contributed by atoms with van der Waals surface area (Å²) in [5.41, 5.74) is 2.39. The highest BCUT2D eigenvalue weighted by Crippen LogP contribution is 2.20. The molecular weight excluding hydrogens is 252 g/mol. The van der Waals surface area contributed by atoms with Crippen LogP contribution in [0.15, 0.2) is 35.1 Å². The van der Waals surface area contributed by atoms with Crippen LogP contribution in [-0.2, 0) is 11.2 Å². The van der Waals surface area contributed by atoms with Gasteiger partial charge in [0.25, 0.3) is 5.56 Å². The zero-order valence-electron chi connectivity index (χ0n) is 11.6. The largest absolute Gasteiger partial charge is 0.381 e. The zero-order chi connectivity index (χ0) is 13.9. The monoisotopic (exact) mass is 270 g/mol. The third-order valence-corrected chi connectivity index (χ3v) is 3.75. The Hall–Kier alpha value is -1.94. The molecule has 0 spiro atoms. The number of nitrogens with one attached hydrogen (secondary N) is 1. The topological polar surface area (TPSA) is 55.0 Å². The third kappa shape index (κ3) is 2.65. The van der Waals surface area contributed by atoms with Gasteiger partial charge < -0.3 is 9.72 Å². The smallest absolute Gasteiger partial charge is 0.254 e. The van der Waals surface area contributed by atoms with E-state index in [-0.39, 0.29) is 5.56 Å². The van der Waals surface area contributed by atoms with Crippen LogP contribution in [0.3, 0.4) is 0 Å². The number of ether oxygens (including phenoxy) is 1. The number of H-pyrrole nitrogens is 1. The van der Waals surface area contributed by atoms with Crippen LogP contribution >= 0.6 is 0 Å². The maximum atomic E-state index is 12.1. The van der Waals surface area contributed by atoms with Gasteiger partial charge in [0.1, 0.15) is 5.82 Å². The molecule has 2 heterocycles. The van der Waals surface area contributed by atoms with Crippen LogP contribution in [0.2, 0.25) is 0 Å². The Kier molecular flexibility index (Phi) is 3.65. The van der Waals surface area contributed by atoms with E-state index >= 15 is 0 Å². The van der Waals surface area contributed by atoms with E-state index < -0.39 is 0 Å². The summed E-state index contributed by atoms with van der Waals surface area (Å²) in [6, 6.07) is 9.85. The minimum Gasteiger partial charge on any atom is -0.381 e. The molecule has 1 N–H and O–H groups in total. The van der Waals surface area contributed by atoms with Crippen LogP contribution in [0.25, 0.3) is 11.3 Å². The van der Waals surface area contributed by atoms with Crippen molar-refractivity contribution in [3.63, 3.8) is 0 Å². The Labute approximate surface area is 117 Å². The fourth-order valence-electron chi connectivity index (χ4n) is 2.57. The second kappa shape index (κ2) is 5.59. The molecule has 1 atom stereocenters. The number of nitrogens with zero attached hydrogens (tertiary/aromatic N) is 1. The van der Waals surface area contributed by atoms with Gasteiger partial charge in [-0.05, 0) is 19.3 Å². The molecule has 4 nitrogen and oxygen atoms in total. The number of hydrogen-bond acceptors (Lipinski definition) is 3. The minimum absolute atomic E-state index is 0.0484. The van der Waals surface area contributed by atoms with Gasteiger partial charge in [-0.3, -0.25) is 4.79 Å². The fraction of sp³-hybridized carbons (Fsp3) is 0.375. The minimum atomic E-state index is -0.0484. The molecule has 0 saturated carbocycles. The lowest BCUT2D eigenvalue weighted by Crippen LogP contribution is -2.18. The van der Waals surface area contributed by atoms with E-state index in [0.29, 0.717) is 11.5 Å². The molecular formula is C16H18N2O2. The van der Waals surface area contributed by atoms with E-state index in [2.05, 4.69) is 9.97 Å². The van der Waals surface area contributed by atoms with Crippen LogP contribution in [0.5, 0.6) is 0 Å². The molecule has 1 aromatic carbocycles. The second-order valence-corrected chi connectivity index (χ2v) is 5.29. The Morgan fingerprint density at radius 1 is 1.35 bits per heavy atom. The molecule has 1 fully saturated rings. The van der Waals surface area contributed by atoms with Gasteiger partial charge in [0.15, 0.2) is 0 Å². The van der Waals surface area contributed by atoms with Gasteiger partial charge in [-0.15, -0.1) is 0 Å². The quantitative estimate of drug-likeness (QED) is 0.931. The van der Waals surface area contributed by atoms with E-state index in [9.17, 15) is 4.79 Å². The number of benzene rings is 1. The first-order chi connectivity index (χ1) is 9.74. The van der Waals surface area contributed by atoms with E-state index in [1.54, 1.807) is 0 Å². The SMILES string of the molecule is Cc1c(-c2ccccc2)nc(CC2CCOC2)[nH]c1=O. The van der Waals surface area contributed by atoms with Gasteiger partial charge >= 0.3 is 0 Å². The molecule has 1 aromatic heterocycles. The molecule has 3 rings (SSSR count). The first-order valence-corrected chi connectivity index (χ1v) is 6.97. The summed E-state index contributed by atoms with van der Waals surface area (Å²) in [7, 11) is 0. The van der Waals surface area contributed by atoms with Gasteiger partial charge in [-0.1, -0.05) is 30.3 Å². The van der Waals surface area contributed by atoms with Crippen molar-refractivity contribution in [2.75, 3.05) is 13.2 Å². The summed E-state index contributed by atoms with van der Waals surface area (Å²) in [5.74, 6) is 1.22. The van der Waals surface area contributed by atoms with Crippen LogP contribution in [-0.4, -0.2) is 23.2 Å². The number of aromatic nitrogens is 2. The van der Waals surface area contributed by atoms with Crippen molar-refractivity contribution >= 4 is 0 Å². The van der Waals surface area contributed by atoms with Gasteiger partial charge in [0, 0.05) is 30.8 Å². The third-order valence-electron chi connectivity index (χ3n) is 3.75. The van der Waals surface area contributed by atoms with Gasteiger partial charge in [-0.2, -0.15) is 0 Å². The fourth-order valence-corrected chi connectivity index (χ4v) is 2.57. The molecule has 20 heavy (non-hydrogen) atoms. The molecule has 2 aromatic rings. The summed E-state index contributed by atoms with van der Waals surface area (Å²) >= 11 is 0. The predicted octanol–water partition coefficient (Wildman–Crippen LogP) is 2.32. The van der Waals surface area contributed by atoms with Crippen LogP contribution < -0.4 is 5.56 Å². The first kappa shape index (κ1) is 13.1. The number of rotatable bonds is 3. The van der Waals surface area contributed by atoms with E-state index in [4.69, 9.17) is 4.74 Å². The molecule has 1 saturated heterocycles. The van der Waals surface area contributed by atoms with Crippen molar-refractivity contribution in [1.29, 1.82) is 0 Å². The summed E-state index contributed by atoms with van der Waals surface area (Å²) in [6.07, 6.45) is 1.81. The second-order valence-electron chi connectivity index (χ2n) is 5.29. The molecule has 104 valence electrons.